The van der Waals surface area contributed by atoms with Crippen molar-refractivity contribution in [2.75, 3.05) is 25.0 Å². The number of benzene rings is 1. The number of nitrogens with zero attached hydrogens (tertiary/aromatic N) is 1. The highest BCUT2D eigenvalue weighted by Crippen LogP contribution is 2.37. The Balaban J connectivity index is 1.76. The molecule has 1 atom stereocenters. The SMILES string of the molecule is CCOC(=O)C1CCN(S(=O)(=O)c2ccc3c(c2)NC(=O)C[C@@H](C)S3)CC1. The maximum atomic E-state index is 13.0. The molecule has 1 aromatic carbocycles. The van der Waals surface area contributed by atoms with Gasteiger partial charge >= 0.3 is 5.97 Å². The maximum Gasteiger partial charge on any atom is 0.309 e. The lowest BCUT2D eigenvalue weighted by atomic mass is 9.98. The van der Waals surface area contributed by atoms with E-state index in [9.17, 15) is 18.0 Å². The Bertz CT molecular complexity index is 832. The summed E-state index contributed by atoms with van der Waals surface area (Å²) < 4.78 is 32.4. The van der Waals surface area contributed by atoms with Gasteiger partial charge in [-0.3, -0.25) is 9.59 Å². The van der Waals surface area contributed by atoms with Crippen LogP contribution in [0, 0.1) is 5.92 Å². The highest BCUT2D eigenvalue weighted by atomic mass is 32.2. The van der Waals surface area contributed by atoms with Gasteiger partial charge in [-0.25, -0.2) is 8.42 Å². The number of rotatable bonds is 4. The number of ether oxygens (including phenoxy) is 1. The number of fused-ring (bicyclic) bond motifs is 1. The smallest absolute Gasteiger partial charge is 0.309 e. The fourth-order valence-electron chi connectivity index (χ4n) is 3.33. The van der Waals surface area contributed by atoms with E-state index in [1.807, 2.05) is 6.92 Å². The van der Waals surface area contributed by atoms with Gasteiger partial charge in [0.25, 0.3) is 0 Å². The van der Waals surface area contributed by atoms with Crippen LogP contribution in [0.15, 0.2) is 28.0 Å². The third kappa shape index (κ3) is 4.47. The molecule has 0 spiro atoms. The van der Waals surface area contributed by atoms with Gasteiger partial charge in [0.2, 0.25) is 15.9 Å². The zero-order chi connectivity index (χ0) is 19.6. The van der Waals surface area contributed by atoms with Crippen LogP contribution >= 0.6 is 11.8 Å². The molecule has 9 heteroatoms. The summed E-state index contributed by atoms with van der Waals surface area (Å²) in [7, 11) is -3.68. The van der Waals surface area contributed by atoms with Crippen molar-refractivity contribution in [3.8, 4) is 0 Å². The molecular weight excluding hydrogens is 388 g/mol. The number of hydrogen-bond acceptors (Lipinski definition) is 6. The van der Waals surface area contributed by atoms with Gasteiger partial charge in [0.1, 0.15) is 0 Å². The molecule has 1 amide bonds. The van der Waals surface area contributed by atoms with Gasteiger partial charge in [-0.2, -0.15) is 4.31 Å². The number of thioether (sulfide) groups is 1. The van der Waals surface area contributed by atoms with Gasteiger partial charge in [0, 0.05) is 29.7 Å². The van der Waals surface area contributed by atoms with Gasteiger partial charge in [0.15, 0.2) is 0 Å². The molecule has 3 rings (SSSR count). The van der Waals surface area contributed by atoms with Crippen molar-refractivity contribution in [3.05, 3.63) is 18.2 Å². The molecule has 2 aliphatic heterocycles. The average Bonchev–Trinajstić information content (AvgIpc) is 2.77. The number of sulfonamides is 1. The number of piperidine rings is 1. The third-order valence-electron chi connectivity index (χ3n) is 4.74. The largest absolute Gasteiger partial charge is 0.466 e. The Morgan fingerprint density at radius 1 is 1.33 bits per heavy atom. The quantitative estimate of drug-likeness (QED) is 0.764. The fourth-order valence-corrected chi connectivity index (χ4v) is 5.88. The fraction of sp³-hybridized carbons (Fsp3) is 0.556. The Labute approximate surface area is 163 Å². The minimum atomic E-state index is -3.68. The number of carbonyl (C=O) groups excluding carboxylic acids is 2. The second-order valence-corrected chi connectivity index (χ2v) is 10.2. The standard InChI is InChI=1S/C18H24N2O5S2/c1-3-25-18(22)13-6-8-20(9-7-13)27(23,24)14-4-5-16-15(11-14)19-17(21)10-12(2)26-16/h4-5,11-13H,3,6-10H2,1-2H3,(H,19,21)/t12-/m1/s1. The minimum Gasteiger partial charge on any atom is -0.466 e. The molecule has 0 aliphatic carbocycles. The lowest BCUT2D eigenvalue weighted by Crippen LogP contribution is -2.40. The number of anilines is 1. The van der Waals surface area contributed by atoms with Gasteiger partial charge in [-0.15, -0.1) is 11.8 Å². The van der Waals surface area contributed by atoms with E-state index in [-0.39, 0.29) is 41.0 Å². The molecule has 0 unspecified atom stereocenters. The minimum absolute atomic E-state index is 0.112. The lowest BCUT2D eigenvalue weighted by Gasteiger charge is -2.30. The normalized spacial score (nSPS) is 21.9. The molecule has 1 saturated heterocycles. The van der Waals surface area contributed by atoms with E-state index in [0.29, 0.717) is 31.6 Å². The van der Waals surface area contributed by atoms with Gasteiger partial charge in [-0.05, 0) is 38.0 Å². The summed E-state index contributed by atoms with van der Waals surface area (Å²) in [5, 5.41) is 2.94. The molecule has 27 heavy (non-hydrogen) atoms. The molecule has 7 nitrogen and oxygen atoms in total. The summed E-state index contributed by atoms with van der Waals surface area (Å²) in [5.41, 5.74) is 0.539. The van der Waals surface area contributed by atoms with E-state index in [0.717, 1.165) is 4.90 Å². The number of esters is 1. The van der Waals surface area contributed by atoms with Crippen LogP contribution in [0.4, 0.5) is 5.69 Å². The van der Waals surface area contributed by atoms with Crippen LogP contribution in [0.5, 0.6) is 0 Å². The number of hydrogen-bond donors (Lipinski definition) is 1. The van der Waals surface area contributed by atoms with Crippen LogP contribution in [0.2, 0.25) is 0 Å². The van der Waals surface area contributed by atoms with Crippen molar-refractivity contribution in [1.29, 1.82) is 0 Å². The Morgan fingerprint density at radius 2 is 2.04 bits per heavy atom. The van der Waals surface area contributed by atoms with Crippen LogP contribution in [0.25, 0.3) is 0 Å². The van der Waals surface area contributed by atoms with E-state index in [2.05, 4.69) is 5.32 Å². The first kappa shape index (κ1) is 20.2. The molecule has 2 heterocycles. The topological polar surface area (TPSA) is 92.8 Å². The summed E-state index contributed by atoms with van der Waals surface area (Å²) in [6.45, 7) is 4.61. The van der Waals surface area contributed by atoms with E-state index < -0.39 is 10.0 Å². The number of nitrogens with one attached hydrogen (secondary N) is 1. The van der Waals surface area contributed by atoms with Crippen LogP contribution in [0.1, 0.15) is 33.1 Å². The van der Waals surface area contributed by atoms with Crippen molar-refractivity contribution in [1.82, 2.24) is 4.31 Å². The molecule has 0 bridgehead atoms. The summed E-state index contributed by atoms with van der Waals surface area (Å²) >= 11 is 1.56. The first-order valence-corrected chi connectivity index (χ1v) is 11.4. The van der Waals surface area contributed by atoms with Crippen LogP contribution in [0.3, 0.4) is 0 Å². The van der Waals surface area contributed by atoms with Crippen molar-refractivity contribution in [3.63, 3.8) is 0 Å². The van der Waals surface area contributed by atoms with Gasteiger partial charge < -0.3 is 10.1 Å². The number of amides is 1. The third-order valence-corrected chi connectivity index (χ3v) is 7.81. The van der Waals surface area contributed by atoms with E-state index in [4.69, 9.17) is 4.74 Å². The first-order valence-electron chi connectivity index (χ1n) is 9.08. The Hall–Kier alpha value is -1.58. The summed E-state index contributed by atoms with van der Waals surface area (Å²) in [6, 6.07) is 4.87. The summed E-state index contributed by atoms with van der Waals surface area (Å²) in [6.07, 6.45) is 1.29. The van der Waals surface area contributed by atoms with Crippen molar-refractivity contribution < 1.29 is 22.7 Å². The van der Waals surface area contributed by atoms with E-state index >= 15 is 0 Å². The predicted octanol–water partition coefficient (Wildman–Crippen LogP) is 2.47. The van der Waals surface area contributed by atoms with E-state index in [1.54, 1.807) is 30.8 Å². The zero-order valence-electron chi connectivity index (χ0n) is 15.4. The van der Waals surface area contributed by atoms with Crippen molar-refractivity contribution >= 4 is 39.3 Å². The van der Waals surface area contributed by atoms with Crippen molar-refractivity contribution in [2.24, 2.45) is 5.92 Å². The molecule has 1 aromatic rings. The van der Waals surface area contributed by atoms with Crippen LogP contribution in [-0.4, -0.2) is 49.5 Å². The second-order valence-electron chi connectivity index (χ2n) is 6.77. The average molecular weight is 413 g/mol. The van der Waals surface area contributed by atoms with Crippen molar-refractivity contribution in [2.45, 2.75) is 48.2 Å². The molecule has 148 valence electrons. The van der Waals surface area contributed by atoms with E-state index in [1.165, 1.54) is 10.4 Å². The Kier molecular flexibility index (Phi) is 6.12. The summed E-state index contributed by atoms with van der Waals surface area (Å²) in [4.78, 5) is 24.8. The van der Waals surface area contributed by atoms with Crippen LogP contribution in [-0.2, 0) is 24.3 Å². The second kappa shape index (κ2) is 8.20. The maximum absolute atomic E-state index is 13.0. The molecule has 0 saturated carbocycles. The zero-order valence-corrected chi connectivity index (χ0v) is 17.1. The predicted molar refractivity (Wildman–Crippen MR) is 103 cm³/mol. The van der Waals surface area contributed by atoms with Gasteiger partial charge in [0.05, 0.1) is 23.1 Å². The highest BCUT2D eigenvalue weighted by Gasteiger charge is 2.33. The Morgan fingerprint density at radius 3 is 2.70 bits per heavy atom. The molecule has 2 aliphatic rings. The molecule has 0 radical (unpaired) electrons. The lowest BCUT2D eigenvalue weighted by molar-refractivity contribution is -0.149. The summed E-state index contributed by atoms with van der Waals surface area (Å²) in [5.74, 6) is -0.618. The van der Waals surface area contributed by atoms with Gasteiger partial charge in [-0.1, -0.05) is 6.92 Å². The molecule has 0 aromatic heterocycles. The first-order chi connectivity index (χ1) is 12.8. The molecule has 1 N–H and O–H groups in total. The number of carbonyl (C=O) groups is 2. The molecule has 1 fully saturated rings. The monoisotopic (exact) mass is 412 g/mol. The highest BCUT2D eigenvalue weighted by molar-refractivity contribution is 8.00. The molecular formula is C18H24N2O5S2. The van der Waals surface area contributed by atoms with Crippen LogP contribution < -0.4 is 5.32 Å².